The number of allylic oxidation sites excluding steroid dienone is 2. The van der Waals surface area contributed by atoms with Gasteiger partial charge in [0.1, 0.15) is 0 Å². The molecular formula is C28H42F2O. The first-order chi connectivity index (χ1) is 15.1. The van der Waals surface area contributed by atoms with E-state index in [-0.39, 0.29) is 6.42 Å². The van der Waals surface area contributed by atoms with Gasteiger partial charge in [0.05, 0.1) is 6.10 Å². The molecule has 174 valence electrons. The van der Waals surface area contributed by atoms with Crippen molar-refractivity contribution in [2.75, 3.05) is 7.11 Å². The molecule has 0 heterocycles. The predicted molar refractivity (Wildman–Crippen MR) is 126 cm³/mol. The minimum absolute atomic E-state index is 0.0865. The number of benzene rings is 1. The lowest BCUT2D eigenvalue weighted by molar-refractivity contribution is 0.109. The van der Waals surface area contributed by atoms with Gasteiger partial charge in [0.15, 0.2) is 0 Å². The van der Waals surface area contributed by atoms with Crippen LogP contribution in [-0.4, -0.2) is 19.6 Å². The van der Waals surface area contributed by atoms with Crippen LogP contribution in [0.25, 0.3) is 0 Å². The smallest absolute Gasteiger partial charge is 0.242 e. The number of hydrogen-bond acceptors (Lipinski definition) is 1. The van der Waals surface area contributed by atoms with Crippen LogP contribution in [-0.2, 0) is 11.2 Å². The third kappa shape index (κ3) is 7.70. The summed E-state index contributed by atoms with van der Waals surface area (Å²) in [5.41, 5.74) is 3.14. The first-order valence-corrected chi connectivity index (χ1v) is 12.6. The van der Waals surface area contributed by atoms with Crippen molar-refractivity contribution in [1.29, 1.82) is 0 Å². The van der Waals surface area contributed by atoms with Crippen LogP contribution in [0.5, 0.6) is 0 Å². The second kappa shape index (κ2) is 12.7. The molecule has 1 nitrogen and oxygen atoms in total. The van der Waals surface area contributed by atoms with Gasteiger partial charge in [-0.1, -0.05) is 36.4 Å². The van der Waals surface area contributed by atoms with Crippen molar-refractivity contribution in [3.05, 3.63) is 47.5 Å². The maximum absolute atomic E-state index is 12.3. The van der Waals surface area contributed by atoms with E-state index in [1.165, 1.54) is 57.8 Å². The Morgan fingerprint density at radius 3 is 2.26 bits per heavy atom. The van der Waals surface area contributed by atoms with Crippen LogP contribution < -0.4 is 0 Å². The molecular weight excluding hydrogens is 390 g/mol. The van der Waals surface area contributed by atoms with Crippen LogP contribution in [0.1, 0.15) is 94.6 Å². The molecule has 2 aliphatic carbocycles. The van der Waals surface area contributed by atoms with Crippen LogP contribution in [0, 0.1) is 17.8 Å². The number of ether oxygens (including phenoxy) is 1. The van der Waals surface area contributed by atoms with Gasteiger partial charge in [-0.05, 0) is 112 Å². The van der Waals surface area contributed by atoms with Crippen molar-refractivity contribution < 1.29 is 13.5 Å². The lowest BCUT2D eigenvalue weighted by Crippen LogP contribution is -2.25. The molecule has 3 rings (SSSR count). The summed E-state index contributed by atoms with van der Waals surface area (Å²) >= 11 is 0. The molecule has 2 fully saturated rings. The average molecular weight is 433 g/mol. The average Bonchev–Trinajstić information content (AvgIpc) is 2.80. The van der Waals surface area contributed by atoms with Gasteiger partial charge in [-0.25, -0.2) is 8.78 Å². The second-order valence-corrected chi connectivity index (χ2v) is 9.98. The highest BCUT2D eigenvalue weighted by atomic mass is 19.3. The van der Waals surface area contributed by atoms with Crippen LogP contribution in [0.4, 0.5) is 8.78 Å². The highest BCUT2D eigenvalue weighted by Gasteiger charge is 2.31. The molecule has 2 aliphatic rings. The highest BCUT2D eigenvalue weighted by Crippen LogP contribution is 2.44. The first-order valence-electron chi connectivity index (χ1n) is 12.6. The first kappa shape index (κ1) is 24.4. The quantitative estimate of drug-likeness (QED) is 0.338. The summed E-state index contributed by atoms with van der Waals surface area (Å²) in [4.78, 5) is 0. The van der Waals surface area contributed by atoms with Crippen molar-refractivity contribution in [3.8, 4) is 0 Å². The molecule has 0 saturated heterocycles. The SMILES string of the molecule is COC(C)CCCc1ccccc1[C@H]1CC[C@H]([C@H]2CC[C@H](C=CCC(F)F)CC2)CC1. The molecule has 1 atom stereocenters. The summed E-state index contributed by atoms with van der Waals surface area (Å²) in [5.74, 6) is 2.98. The zero-order valence-corrected chi connectivity index (χ0v) is 19.6. The molecule has 0 aliphatic heterocycles. The fraction of sp³-hybridized carbons (Fsp3) is 0.714. The Morgan fingerprint density at radius 1 is 0.968 bits per heavy atom. The van der Waals surface area contributed by atoms with Gasteiger partial charge in [0.2, 0.25) is 6.43 Å². The van der Waals surface area contributed by atoms with Crippen LogP contribution in [0.2, 0.25) is 0 Å². The van der Waals surface area contributed by atoms with Crippen LogP contribution in [0.15, 0.2) is 36.4 Å². The van der Waals surface area contributed by atoms with Gasteiger partial charge in [0, 0.05) is 13.5 Å². The zero-order valence-electron chi connectivity index (χ0n) is 19.6. The van der Waals surface area contributed by atoms with Crippen molar-refractivity contribution >= 4 is 0 Å². The van der Waals surface area contributed by atoms with Crippen molar-refractivity contribution in [2.45, 2.75) is 102 Å². The van der Waals surface area contributed by atoms with Crippen LogP contribution >= 0.6 is 0 Å². The van der Waals surface area contributed by atoms with Gasteiger partial charge in [-0.3, -0.25) is 0 Å². The summed E-state index contributed by atoms with van der Waals surface area (Å²) in [6.45, 7) is 2.15. The lowest BCUT2D eigenvalue weighted by atomic mass is 9.68. The molecule has 1 unspecified atom stereocenters. The van der Waals surface area contributed by atoms with Crippen molar-refractivity contribution in [1.82, 2.24) is 0 Å². The number of rotatable bonds is 10. The summed E-state index contributed by atoms with van der Waals surface area (Å²) in [6.07, 6.45) is 15.6. The Labute approximate surface area is 188 Å². The van der Waals surface area contributed by atoms with E-state index in [0.29, 0.717) is 12.0 Å². The van der Waals surface area contributed by atoms with Gasteiger partial charge >= 0.3 is 0 Å². The number of alkyl halides is 2. The third-order valence-electron chi connectivity index (χ3n) is 7.93. The standard InChI is InChI=1S/C28H42F2O/c1-21(31-2)7-5-10-25-9-3-4-11-27(25)26-19-17-24(18-20-26)23-15-13-22(14-16-23)8-6-12-28(29)30/h3-4,6,8-9,11,21-24,26,28H,5,7,10,12-20H2,1-2H3/t21?,22-,23-,24-,26-. The third-order valence-corrected chi connectivity index (χ3v) is 7.93. The van der Waals surface area contributed by atoms with E-state index in [1.54, 1.807) is 24.3 Å². The Bertz CT molecular complexity index is 655. The van der Waals surface area contributed by atoms with Crippen molar-refractivity contribution in [3.63, 3.8) is 0 Å². The number of aryl methyl sites for hydroxylation is 1. The number of methoxy groups -OCH3 is 1. The predicted octanol–water partition coefficient (Wildman–Crippen LogP) is 8.34. The Hall–Kier alpha value is -1.22. The van der Waals surface area contributed by atoms with E-state index in [2.05, 4.69) is 37.3 Å². The Morgan fingerprint density at radius 2 is 1.61 bits per heavy atom. The van der Waals surface area contributed by atoms with Gasteiger partial charge < -0.3 is 4.74 Å². The Kier molecular flexibility index (Phi) is 10.0. The maximum Gasteiger partial charge on any atom is 0.242 e. The molecule has 0 amide bonds. The van der Waals surface area contributed by atoms with E-state index in [9.17, 15) is 8.78 Å². The molecule has 2 saturated carbocycles. The summed E-state index contributed by atoms with van der Waals surface area (Å²) < 4.78 is 30.1. The molecule has 0 radical (unpaired) electrons. The van der Waals surface area contributed by atoms with Gasteiger partial charge in [0.25, 0.3) is 0 Å². The molecule has 1 aromatic carbocycles. The monoisotopic (exact) mass is 432 g/mol. The number of hydrogen-bond donors (Lipinski definition) is 0. The topological polar surface area (TPSA) is 9.23 Å². The fourth-order valence-corrected chi connectivity index (χ4v) is 5.94. The normalized spacial score (nSPS) is 28.3. The molecule has 1 aromatic rings. The molecule has 3 heteroatoms. The summed E-state index contributed by atoms with van der Waals surface area (Å²) in [7, 11) is 1.80. The van der Waals surface area contributed by atoms with E-state index in [1.807, 2.05) is 0 Å². The maximum atomic E-state index is 12.3. The minimum atomic E-state index is -2.21. The second-order valence-electron chi connectivity index (χ2n) is 9.98. The zero-order chi connectivity index (χ0) is 22.1. The largest absolute Gasteiger partial charge is 0.382 e. The fourth-order valence-electron chi connectivity index (χ4n) is 5.94. The lowest BCUT2D eigenvalue weighted by Gasteiger charge is -2.38. The molecule has 0 N–H and O–H groups in total. The van der Waals surface area contributed by atoms with E-state index >= 15 is 0 Å². The Balaban J connectivity index is 1.45. The highest BCUT2D eigenvalue weighted by molar-refractivity contribution is 5.31. The van der Waals surface area contributed by atoms with E-state index < -0.39 is 6.43 Å². The minimum Gasteiger partial charge on any atom is -0.382 e. The molecule has 0 bridgehead atoms. The molecule has 0 spiro atoms. The van der Waals surface area contributed by atoms with E-state index in [4.69, 9.17) is 4.74 Å². The van der Waals surface area contributed by atoms with Crippen LogP contribution in [0.3, 0.4) is 0 Å². The molecule has 0 aromatic heterocycles. The summed E-state index contributed by atoms with van der Waals surface area (Å²) in [6, 6.07) is 9.11. The number of halogens is 2. The van der Waals surface area contributed by atoms with Gasteiger partial charge in [-0.2, -0.15) is 0 Å². The molecule has 31 heavy (non-hydrogen) atoms. The van der Waals surface area contributed by atoms with E-state index in [0.717, 1.165) is 30.6 Å². The van der Waals surface area contributed by atoms with Gasteiger partial charge in [-0.15, -0.1) is 0 Å². The summed E-state index contributed by atoms with van der Waals surface area (Å²) in [5, 5.41) is 0. The van der Waals surface area contributed by atoms with Crippen molar-refractivity contribution in [2.24, 2.45) is 17.8 Å².